The summed E-state index contributed by atoms with van der Waals surface area (Å²) in [6.45, 7) is 4.55. The lowest BCUT2D eigenvalue weighted by Gasteiger charge is -2.35. The van der Waals surface area contributed by atoms with Gasteiger partial charge in [0.1, 0.15) is 5.82 Å². The Bertz CT molecular complexity index is 378. The van der Waals surface area contributed by atoms with Crippen molar-refractivity contribution in [2.24, 2.45) is 11.7 Å². The van der Waals surface area contributed by atoms with E-state index in [0.29, 0.717) is 5.56 Å². The van der Waals surface area contributed by atoms with Crippen molar-refractivity contribution in [3.05, 3.63) is 29.6 Å². The molecule has 0 saturated carbocycles. The molecule has 1 atom stereocenters. The SMILES string of the molecule is CCC1CCCN(c2cccc(F)c2CN)C1. The molecular formula is C14H21FN2. The van der Waals surface area contributed by atoms with Crippen molar-refractivity contribution >= 4 is 5.69 Å². The van der Waals surface area contributed by atoms with Crippen LogP contribution in [-0.4, -0.2) is 13.1 Å². The maximum Gasteiger partial charge on any atom is 0.129 e. The van der Waals surface area contributed by atoms with Gasteiger partial charge >= 0.3 is 0 Å². The number of hydrogen-bond acceptors (Lipinski definition) is 2. The van der Waals surface area contributed by atoms with Crippen molar-refractivity contribution in [1.82, 2.24) is 0 Å². The van der Waals surface area contributed by atoms with Crippen LogP contribution in [0.4, 0.5) is 10.1 Å². The zero-order valence-corrected chi connectivity index (χ0v) is 10.5. The van der Waals surface area contributed by atoms with Crippen LogP contribution in [0.2, 0.25) is 0 Å². The molecule has 3 heteroatoms. The third-order valence-electron chi connectivity index (χ3n) is 3.74. The molecule has 0 aliphatic carbocycles. The normalized spacial score (nSPS) is 20.6. The van der Waals surface area contributed by atoms with Crippen LogP contribution in [0.3, 0.4) is 0 Å². The lowest BCUT2D eigenvalue weighted by atomic mass is 9.94. The molecule has 1 aliphatic rings. The molecule has 0 spiro atoms. The highest BCUT2D eigenvalue weighted by atomic mass is 19.1. The Morgan fingerprint density at radius 3 is 3.00 bits per heavy atom. The highest BCUT2D eigenvalue weighted by molar-refractivity contribution is 5.54. The van der Waals surface area contributed by atoms with Gasteiger partial charge in [0, 0.05) is 30.9 Å². The number of nitrogens with two attached hydrogens (primary N) is 1. The standard InChI is InChI=1S/C14H21FN2/c1-2-11-5-4-8-17(10-11)14-7-3-6-13(15)12(14)9-16/h3,6-7,11H,2,4-5,8-10,16H2,1H3. The number of piperidine rings is 1. The molecule has 1 heterocycles. The Labute approximate surface area is 103 Å². The first-order valence-corrected chi connectivity index (χ1v) is 6.48. The van der Waals surface area contributed by atoms with E-state index in [1.54, 1.807) is 6.07 Å². The molecule has 2 rings (SSSR count). The number of rotatable bonds is 3. The predicted molar refractivity (Wildman–Crippen MR) is 69.5 cm³/mol. The van der Waals surface area contributed by atoms with Crippen LogP contribution in [0.5, 0.6) is 0 Å². The smallest absolute Gasteiger partial charge is 0.129 e. The Hall–Kier alpha value is -1.09. The first kappa shape index (κ1) is 12.4. The molecule has 0 amide bonds. The van der Waals surface area contributed by atoms with Crippen LogP contribution in [0.15, 0.2) is 18.2 Å². The summed E-state index contributed by atoms with van der Waals surface area (Å²) >= 11 is 0. The summed E-state index contributed by atoms with van der Waals surface area (Å²) in [5, 5.41) is 0. The van der Waals surface area contributed by atoms with E-state index in [2.05, 4.69) is 11.8 Å². The van der Waals surface area contributed by atoms with Crippen molar-refractivity contribution in [3.63, 3.8) is 0 Å². The second-order valence-electron chi connectivity index (χ2n) is 4.80. The van der Waals surface area contributed by atoms with Crippen molar-refractivity contribution in [3.8, 4) is 0 Å². The molecule has 0 radical (unpaired) electrons. The zero-order chi connectivity index (χ0) is 12.3. The minimum absolute atomic E-state index is 0.177. The largest absolute Gasteiger partial charge is 0.371 e. The second kappa shape index (κ2) is 5.50. The molecule has 1 aromatic carbocycles. The van der Waals surface area contributed by atoms with Crippen LogP contribution < -0.4 is 10.6 Å². The second-order valence-corrected chi connectivity index (χ2v) is 4.80. The fourth-order valence-corrected chi connectivity index (χ4v) is 2.66. The van der Waals surface area contributed by atoms with Gasteiger partial charge < -0.3 is 10.6 Å². The number of anilines is 1. The monoisotopic (exact) mass is 236 g/mol. The summed E-state index contributed by atoms with van der Waals surface area (Å²) in [7, 11) is 0. The maximum atomic E-state index is 13.7. The molecule has 94 valence electrons. The number of hydrogen-bond donors (Lipinski definition) is 1. The summed E-state index contributed by atoms with van der Waals surface area (Å²) in [4.78, 5) is 2.29. The van der Waals surface area contributed by atoms with Gasteiger partial charge in [-0.3, -0.25) is 0 Å². The Kier molecular flexibility index (Phi) is 4.00. The van der Waals surface area contributed by atoms with Gasteiger partial charge in [-0.05, 0) is 30.9 Å². The minimum Gasteiger partial charge on any atom is -0.371 e. The summed E-state index contributed by atoms with van der Waals surface area (Å²) in [5.41, 5.74) is 7.31. The van der Waals surface area contributed by atoms with E-state index in [4.69, 9.17) is 5.73 Å². The summed E-state index contributed by atoms with van der Waals surface area (Å²) < 4.78 is 13.7. The Morgan fingerprint density at radius 2 is 2.29 bits per heavy atom. The molecule has 2 N–H and O–H groups in total. The van der Waals surface area contributed by atoms with Gasteiger partial charge in [0.05, 0.1) is 0 Å². The first-order valence-electron chi connectivity index (χ1n) is 6.48. The quantitative estimate of drug-likeness (QED) is 0.874. The van der Waals surface area contributed by atoms with Gasteiger partial charge in [-0.2, -0.15) is 0 Å². The third-order valence-corrected chi connectivity index (χ3v) is 3.74. The first-order chi connectivity index (χ1) is 8.26. The average molecular weight is 236 g/mol. The van der Waals surface area contributed by atoms with Crippen LogP contribution >= 0.6 is 0 Å². The van der Waals surface area contributed by atoms with E-state index in [0.717, 1.165) is 24.7 Å². The molecule has 0 bridgehead atoms. The highest BCUT2D eigenvalue weighted by Crippen LogP contribution is 2.28. The van der Waals surface area contributed by atoms with Gasteiger partial charge in [0.15, 0.2) is 0 Å². The predicted octanol–water partition coefficient (Wildman–Crippen LogP) is 2.91. The van der Waals surface area contributed by atoms with Crippen LogP contribution in [0.25, 0.3) is 0 Å². The molecule has 17 heavy (non-hydrogen) atoms. The maximum absolute atomic E-state index is 13.7. The number of nitrogens with zero attached hydrogens (tertiary/aromatic N) is 1. The Morgan fingerprint density at radius 1 is 1.47 bits per heavy atom. The highest BCUT2D eigenvalue weighted by Gasteiger charge is 2.21. The van der Waals surface area contributed by atoms with Gasteiger partial charge in [-0.25, -0.2) is 4.39 Å². The molecule has 1 aromatic rings. The van der Waals surface area contributed by atoms with Crippen molar-refractivity contribution < 1.29 is 4.39 Å². The van der Waals surface area contributed by atoms with Gasteiger partial charge in [-0.1, -0.05) is 19.4 Å². The van der Waals surface area contributed by atoms with Crippen molar-refractivity contribution in [2.75, 3.05) is 18.0 Å². The third kappa shape index (κ3) is 2.60. The van der Waals surface area contributed by atoms with Crippen LogP contribution in [-0.2, 0) is 6.54 Å². The molecule has 1 fully saturated rings. The topological polar surface area (TPSA) is 29.3 Å². The molecule has 1 unspecified atom stereocenters. The van der Waals surface area contributed by atoms with Crippen LogP contribution in [0, 0.1) is 11.7 Å². The fourth-order valence-electron chi connectivity index (χ4n) is 2.66. The zero-order valence-electron chi connectivity index (χ0n) is 10.5. The summed E-state index contributed by atoms with van der Waals surface area (Å²) in [5.74, 6) is 0.557. The lowest BCUT2D eigenvalue weighted by Crippen LogP contribution is -2.36. The summed E-state index contributed by atoms with van der Waals surface area (Å²) in [6.07, 6.45) is 3.68. The number of halogens is 1. The molecule has 1 saturated heterocycles. The van der Waals surface area contributed by atoms with Gasteiger partial charge in [0.25, 0.3) is 0 Å². The fraction of sp³-hybridized carbons (Fsp3) is 0.571. The Balaban J connectivity index is 2.24. The molecule has 1 aliphatic heterocycles. The van der Waals surface area contributed by atoms with E-state index < -0.39 is 0 Å². The van der Waals surface area contributed by atoms with E-state index >= 15 is 0 Å². The molecule has 0 aromatic heterocycles. The summed E-state index contributed by atoms with van der Waals surface area (Å²) in [6, 6.07) is 5.26. The van der Waals surface area contributed by atoms with E-state index in [9.17, 15) is 4.39 Å². The van der Waals surface area contributed by atoms with Crippen LogP contribution in [0.1, 0.15) is 31.7 Å². The molecule has 2 nitrogen and oxygen atoms in total. The minimum atomic E-state index is -0.177. The number of benzene rings is 1. The average Bonchev–Trinajstić information content (AvgIpc) is 2.38. The van der Waals surface area contributed by atoms with Gasteiger partial charge in [0.2, 0.25) is 0 Å². The van der Waals surface area contributed by atoms with E-state index in [1.165, 1.54) is 25.3 Å². The molecular weight excluding hydrogens is 215 g/mol. The van der Waals surface area contributed by atoms with E-state index in [-0.39, 0.29) is 12.4 Å². The van der Waals surface area contributed by atoms with E-state index in [1.807, 2.05) is 6.07 Å². The van der Waals surface area contributed by atoms with Crippen molar-refractivity contribution in [1.29, 1.82) is 0 Å². The van der Waals surface area contributed by atoms with Gasteiger partial charge in [-0.15, -0.1) is 0 Å². The lowest BCUT2D eigenvalue weighted by molar-refractivity contribution is 0.404. The van der Waals surface area contributed by atoms with Crippen molar-refractivity contribution in [2.45, 2.75) is 32.7 Å².